The zero-order valence-electron chi connectivity index (χ0n) is 11.1. The van der Waals surface area contributed by atoms with Gasteiger partial charge in [0.2, 0.25) is 0 Å². The molecule has 0 saturated heterocycles. The summed E-state index contributed by atoms with van der Waals surface area (Å²) >= 11 is 0. The lowest BCUT2D eigenvalue weighted by molar-refractivity contribution is -0.0402. The van der Waals surface area contributed by atoms with Gasteiger partial charge in [0.1, 0.15) is 11.6 Å². The summed E-state index contributed by atoms with van der Waals surface area (Å²) in [5.74, 6) is -0.975. The summed E-state index contributed by atoms with van der Waals surface area (Å²) in [6.45, 7) is 0. The molecule has 0 bridgehead atoms. The number of benzene rings is 1. The quantitative estimate of drug-likeness (QED) is 0.804. The Labute approximate surface area is 112 Å². The van der Waals surface area contributed by atoms with Crippen molar-refractivity contribution in [3.63, 3.8) is 0 Å². The van der Waals surface area contributed by atoms with E-state index in [0.717, 1.165) is 31.0 Å². The molecule has 1 N–H and O–H groups in total. The van der Waals surface area contributed by atoms with Crippen LogP contribution in [-0.2, 0) is 5.60 Å². The first-order valence-corrected chi connectivity index (χ1v) is 7.21. The molecule has 104 valence electrons. The minimum Gasteiger partial charge on any atom is -0.385 e. The SMILES string of the molecule is OC1(c2cc(F)ccc2F)CCC2(CCCC2)CC1. The molecule has 0 unspecified atom stereocenters. The topological polar surface area (TPSA) is 20.2 Å². The van der Waals surface area contributed by atoms with Gasteiger partial charge in [0.25, 0.3) is 0 Å². The fraction of sp³-hybridized carbons (Fsp3) is 0.625. The van der Waals surface area contributed by atoms with Crippen molar-refractivity contribution in [2.75, 3.05) is 0 Å². The second-order valence-electron chi connectivity index (χ2n) is 6.36. The molecule has 1 aromatic rings. The highest BCUT2D eigenvalue weighted by Gasteiger charge is 2.44. The zero-order chi connectivity index (χ0) is 13.5. The van der Waals surface area contributed by atoms with E-state index in [1.165, 1.54) is 25.7 Å². The third kappa shape index (κ3) is 2.29. The minimum atomic E-state index is -1.18. The van der Waals surface area contributed by atoms with Gasteiger partial charge in [-0.25, -0.2) is 8.78 Å². The summed E-state index contributed by atoms with van der Waals surface area (Å²) < 4.78 is 27.1. The van der Waals surface area contributed by atoms with Crippen molar-refractivity contribution in [3.8, 4) is 0 Å². The van der Waals surface area contributed by atoms with Gasteiger partial charge in [-0.3, -0.25) is 0 Å². The molecule has 0 atom stereocenters. The molecule has 2 aliphatic rings. The Kier molecular flexibility index (Phi) is 3.12. The van der Waals surface area contributed by atoms with Crippen LogP contribution in [-0.4, -0.2) is 5.11 Å². The molecule has 2 aliphatic carbocycles. The average molecular weight is 266 g/mol. The normalized spacial score (nSPS) is 24.8. The van der Waals surface area contributed by atoms with Gasteiger partial charge in [0, 0.05) is 5.56 Å². The van der Waals surface area contributed by atoms with E-state index in [-0.39, 0.29) is 5.56 Å². The van der Waals surface area contributed by atoms with E-state index in [0.29, 0.717) is 18.3 Å². The lowest BCUT2D eigenvalue weighted by Gasteiger charge is -2.42. The van der Waals surface area contributed by atoms with Crippen LogP contribution >= 0.6 is 0 Å². The maximum absolute atomic E-state index is 13.8. The fourth-order valence-electron chi connectivity index (χ4n) is 3.94. The molecule has 3 rings (SSSR count). The first kappa shape index (κ1) is 13.0. The zero-order valence-corrected chi connectivity index (χ0v) is 11.1. The Morgan fingerprint density at radius 1 is 0.895 bits per heavy atom. The van der Waals surface area contributed by atoms with Crippen LogP contribution in [0.1, 0.15) is 56.9 Å². The molecular formula is C16H20F2O. The molecule has 0 heterocycles. The van der Waals surface area contributed by atoms with Gasteiger partial charge in [-0.15, -0.1) is 0 Å². The second kappa shape index (κ2) is 4.55. The van der Waals surface area contributed by atoms with Crippen molar-refractivity contribution in [1.82, 2.24) is 0 Å². The molecule has 0 aromatic heterocycles. The molecule has 0 amide bonds. The predicted octanol–water partition coefficient (Wildman–Crippen LogP) is 4.29. The van der Waals surface area contributed by atoms with Crippen LogP contribution in [0.15, 0.2) is 18.2 Å². The molecule has 2 fully saturated rings. The summed E-state index contributed by atoms with van der Waals surface area (Å²) in [6.07, 6.45) is 7.96. The largest absolute Gasteiger partial charge is 0.385 e. The smallest absolute Gasteiger partial charge is 0.129 e. The molecule has 19 heavy (non-hydrogen) atoms. The van der Waals surface area contributed by atoms with E-state index in [4.69, 9.17) is 0 Å². The Morgan fingerprint density at radius 2 is 1.53 bits per heavy atom. The summed E-state index contributed by atoms with van der Waals surface area (Å²) in [6, 6.07) is 3.37. The van der Waals surface area contributed by atoms with Gasteiger partial charge in [-0.1, -0.05) is 12.8 Å². The number of halogens is 2. The predicted molar refractivity (Wildman–Crippen MR) is 69.6 cm³/mol. The van der Waals surface area contributed by atoms with Crippen LogP contribution in [0.4, 0.5) is 8.78 Å². The summed E-state index contributed by atoms with van der Waals surface area (Å²) in [5, 5.41) is 10.7. The van der Waals surface area contributed by atoms with Gasteiger partial charge >= 0.3 is 0 Å². The van der Waals surface area contributed by atoms with Crippen molar-refractivity contribution >= 4 is 0 Å². The van der Waals surface area contributed by atoms with E-state index in [9.17, 15) is 13.9 Å². The molecule has 0 radical (unpaired) electrons. The van der Waals surface area contributed by atoms with Crippen LogP contribution < -0.4 is 0 Å². The third-order valence-electron chi connectivity index (χ3n) is 5.23. The Bertz CT molecular complexity index is 468. The molecule has 2 saturated carbocycles. The summed E-state index contributed by atoms with van der Waals surface area (Å²) in [5.41, 5.74) is -0.670. The molecule has 1 nitrogen and oxygen atoms in total. The molecule has 3 heteroatoms. The molecular weight excluding hydrogens is 246 g/mol. The molecule has 1 spiro atoms. The van der Waals surface area contributed by atoms with Crippen LogP contribution in [0.2, 0.25) is 0 Å². The Morgan fingerprint density at radius 3 is 2.16 bits per heavy atom. The average Bonchev–Trinajstić information content (AvgIpc) is 2.85. The van der Waals surface area contributed by atoms with Crippen molar-refractivity contribution in [2.45, 2.75) is 57.0 Å². The lowest BCUT2D eigenvalue weighted by Crippen LogP contribution is -2.36. The van der Waals surface area contributed by atoms with E-state index < -0.39 is 17.2 Å². The van der Waals surface area contributed by atoms with Crippen molar-refractivity contribution in [2.24, 2.45) is 5.41 Å². The van der Waals surface area contributed by atoms with Crippen molar-refractivity contribution in [1.29, 1.82) is 0 Å². The third-order valence-corrected chi connectivity index (χ3v) is 5.23. The van der Waals surface area contributed by atoms with E-state index >= 15 is 0 Å². The lowest BCUT2D eigenvalue weighted by atomic mass is 9.66. The van der Waals surface area contributed by atoms with Crippen LogP contribution in [0, 0.1) is 17.0 Å². The first-order valence-electron chi connectivity index (χ1n) is 7.21. The maximum atomic E-state index is 13.8. The number of hydrogen-bond acceptors (Lipinski definition) is 1. The van der Waals surface area contributed by atoms with Gasteiger partial charge in [0.15, 0.2) is 0 Å². The first-order chi connectivity index (χ1) is 9.03. The van der Waals surface area contributed by atoms with Gasteiger partial charge in [-0.2, -0.15) is 0 Å². The van der Waals surface area contributed by atoms with E-state index in [1.54, 1.807) is 0 Å². The van der Waals surface area contributed by atoms with Crippen LogP contribution in [0.3, 0.4) is 0 Å². The van der Waals surface area contributed by atoms with Gasteiger partial charge < -0.3 is 5.11 Å². The van der Waals surface area contributed by atoms with Crippen LogP contribution in [0.25, 0.3) is 0 Å². The highest BCUT2D eigenvalue weighted by atomic mass is 19.1. The molecule has 1 aromatic carbocycles. The Hall–Kier alpha value is -0.960. The molecule has 0 aliphatic heterocycles. The van der Waals surface area contributed by atoms with E-state index in [1.807, 2.05) is 0 Å². The minimum absolute atomic E-state index is 0.139. The van der Waals surface area contributed by atoms with Crippen molar-refractivity contribution in [3.05, 3.63) is 35.4 Å². The standard InChI is InChI=1S/C16H20F2O/c17-12-3-4-14(18)13(11-12)16(19)9-7-15(8-10-16)5-1-2-6-15/h3-4,11,19H,1-2,5-10H2. The fourth-order valence-corrected chi connectivity index (χ4v) is 3.94. The number of aliphatic hydroxyl groups is 1. The Balaban J connectivity index is 1.83. The summed E-state index contributed by atoms with van der Waals surface area (Å²) in [7, 11) is 0. The second-order valence-corrected chi connectivity index (χ2v) is 6.36. The highest BCUT2D eigenvalue weighted by molar-refractivity contribution is 5.26. The maximum Gasteiger partial charge on any atom is 0.129 e. The highest BCUT2D eigenvalue weighted by Crippen LogP contribution is 2.53. The number of hydrogen-bond donors (Lipinski definition) is 1. The number of rotatable bonds is 1. The van der Waals surface area contributed by atoms with Gasteiger partial charge in [0.05, 0.1) is 5.60 Å². The monoisotopic (exact) mass is 266 g/mol. The van der Waals surface area contributed by atoms with Crippen LogP contribution in [0.5, 0.6) is 0 Å². The summed E-state index contributed by atoms with van der Waals surface area (Å²) in [4.78, 5) is 0. The van der Waals surface area contributed by atoms with Gasteiger partial charge in [-0.05, 0) is 62.1 Å². The van der Waals surface area contributed by atoms with Crippen molar-refractivity contribution < 1.29 is 13.9 Å². The van der Waals surface area contributed by atoms with E-state index in [2.05, 4.69) is 0 Å².